The van der Waals surface area contributed by atoms with Crippen molar-refractivity contribution >= 4 is 0 Å². The summed E-state index contributed by atoms with van der Waals surface area (Å²) in [5.74, 6) is 0.889. The summed E-state index contributed by atoms with van der Waals surface area (Å²) in [7, 11) is 4.24. The lowest BCUT2D eigenvalue weighted by atomic mass is 9.86. The van der Waals surface area contributed by atoms with Gasteiger partial charge in [-0.15, -0.1) is 0 Å². The molecule has 4 nitrogen and oxygen atoms in total. The third-order valence-corrected chi connectivity index (χ3v) is 4.91. The lowest BCUT2D eigenvalue weighted by molar-refractivity contribution is 0.126. The van der Waals surface area contributed by atoms with Crippen LogP contribution < -0.4 is 5.73 Å². The van der Waals surface area contributed by atoms with E-state index in [1.54, 1.807) is 0 Å². The molecule has 20 heavy (non-hydrogen) atoms. The predicted molar refractivity (Wildman–Crippen MR) is 83.6 cm³/mol. The summed E-state index contributed by atoms with van der Waals surface area (Å²) in [6.45, 7) is 5.20. The Morgan fingerprint density at radius 1 is 1.40 bits per heavy atom. The van der Waals surface area contributed by atoms with Gasteiger partial charge in [0.1, 0.15) is 0 Å². The molecule has 0 amide bonds. The molecule has 0 aliphatic heterocycles. The fourth-order valence-electron chi connectivity index (χ4n) is 3.52. The molecular formula is C16H30N4. The first-order chi connectivity index (χ1) is 9.56. The number of rotatable bonds is 5. The Kier molecular flexibility index (Phi) is 5.22. The van der Waals surface area contributed by atoms with Gasteiger partial charge in [-0.3, -0.25) is 9.58 Å². The van der Waals surface area contributed by atoms with Gasteiger partial charge in [-0.1, -0.05) is 13.8 Å². The van der Waals surface area contributed by atoms with Crippen LogP contribution in [0.2, 0.25) is 0 Å². The summed E-state index contributed by atoms with van der Waals surface area (Å²) < 4.78 is 1.92. The maximum atomic E-state index is 6.09. The number of nitrogens with two attached hydrogens (primary N) is 1. The minimum atomic E-state index is 0.303. The molecule has 1 aliphatic rings. The zero-order valence-electron chi connectivity index (χ0n) is 13.5. The SMILES string of the molecule is CCc1nn(C)cc1C(CN)N(C)C1CCC(C)CC1. The van der Waals surface area contributed by atoms with Crippen LogP contribution in [0.3, 0.4) is 0 Å². The number of aryl methyl sites for hydroxylation is 2. The highest BCUT2D eigenvalue weighted by molar-refractivity contribution is 5.22. The summed E-state index contributed by atoms with van der Waals surface area (Å²) in [5.41, 5.74) is 8.61. The van der Waals surface area contributed by atoms with E-state index >= 15 is 0 Å². The molecule has 0 saturated heterocycles. The Morgan fingerprint density at radius 3 is 2.60 bits per heavy atom. The maximum absolute atomic E-state index is 6.09. The van der Waals surface area contributed by atoms with Crippen LogP contribution in [-0.2, 0) is 13.5 Å². The van der Waals surface area contributed by atoms with Crippen LogP contribution in [0.15, 0.2) is 6.20 Å². The van der Waals surface area contributed by atoms with Crippen molar-refractivity contribution in [2.24, 2.45) is 18.7 Å². The van der Waals surface area contributed by atoms with E-state index in [2.05, 4.69) is 37.1 Å². The van der Waals surface area contributed by atoms with E-state index in [0.717, 1.165) is 12.3 Å². The van der Waals surface area contributed by atoms with E-state index in [4.69, 9.17) is 5.73 Å². The summed E-state index contributed by atoms with van der Waals surface area (Å²) >= 11 is 0. The van der Waals surface area contributed by atoms with Gasteiger partial charge in [0.05, 0.1) is 11.7 Å². The van der Waals surface area contributed by atoms with Gasteiger partial charge in [-0.05, 0) is 45.1 Å². The average Bonchev–Trinajstić information content (AvgIpc) is 2.81. The van der Waals surface area contributed by atoms with Gasteiger partial charge in [0.15, 0.2) is 0 Å². The van der Waals surface area contributed by atoms with Crippen molar-refractivity contribution < 1.29 is 0 Å². The molecule has 2 N–H and O–H groups in total. The van der Waals surface area contributed by atoms with Crippen LogP contribution >= 0.6 is 0 Å². The van der Waals surface area contributed by atoms with E-state index in [-0.39, 0.29) is 0 Å². The smallest absolute Gasteiger partial charge is 0.0670 e. The molecule has 1 fully saturated rings. The van der Waals surface area contributed by atoms with Crippen molar-refractivity contribution in [3.63, 3.8) is 0 Å². The first-order valence-corrected chi connectivity index (χ1v) is 8.01. The third kappa shape index (κ3) is 3.23. The number of aromatic nitrogens is 2. The van der Waals surface area contributed by atoms with Crippen molar-refractivity contribution in [2.45, 2.75) is 58.0 Å². The molecule has 1 atom stereocenters. The lowest BCUT2D eigenvalue weighted by Crippen LogP contribution is -2.40. The van der Waals surface area contributed by atoms with Gasteiger partial charge in [-0.25, -0.2) is 0 Å². The van der Waals surface area contributed by atoms with Crippen LogP contribution in [0, 0.1) is 5.92 Å². The average molecular weight is 278 g/mol. The molecule has 1 unspecified atom stereocenters. The molecule has 1 aromatic heterocycles. The zero-order valence-corrected chi connectivity index (χ0v) is 13.5. The number of nitrogens with zero attached hydrogens (tertiary/aromatic N) is 3. The van der Waals surface area contributed by atoms with E-state index in [9.17, 15) is 0 Å². The Labute approximate surface area is 123 Å². The fourth-order valence-corrected chi connectivity index (χ4v) is 3.52. The minimum absolute atomic E-state index is 0.303. The predicted octanol–water partition coefficient (Wildman–Crippen LogP) is 2.49. The highest BCUT2D eigenvalue weighted by Crippen LogP contribution is 2.31. The van der Waals surface area contributed by atoms with Crippen LogP contribution in [0.4, 0.5) is 0 Å². The van der Waals surface area contributed by atoms with Gasteiger partial charge >= 0.3 is 0 Å². The Hall–Kier alpha value is -0.870. The number of hydrogen-bond donors (Lipinski definition) is 1. The van der Waals surface area contributed by atoms with Gasteiger partial charge in [0.2, 0.25) is 0 Å². The Balaban J connectivity index is 2.14. The molecular weight excluding hydrogens is 248 g/mol. The van der Waals surface area contributed by atoms with Crippen molar-refractivity contribution in [1.82, 2.24) is 14.7 Å². The third-order valence-electron chi connectivity index (χ3n) is 4.91. The standard InChI is InChI=1S/C16H30N4/c1-5-15-14(11-19(3)18-15)16(10-17)20(4)13-8-6-12(2)7-9-13/h11-13,16H,5-10,17H2,1-4H3. The zero-order chi connectivity index (χ0) is 14.7. The van der Waals surface area contributed by atoms with E-state index in [1.165, 1.54) is 36.9 Å². The molecule has 114 valence electrons. The van der Waals surface area contributed by atoms with E-state index in [1.807, 2.05) is 11.7 Å². The number of hydrogen-bond acceptors (Lipinski definition) is 3. The number of likely N-dealkylation sites (N-methyl/N-ethyl adjacent to an activating group) is 1. The van der Waals surface area contributed by atoms with E-state index < -0.39 is 0 Å². The Bertz CT molecular complexity index is 418. The van der Waals surface area contributed by atoms with Crippen LogP contribution in [0.25, 0.3) is 0 Å². The summed E-state index contributed by atoms with van der Waals surface area (Å²) in [4.78, 5) is 2.50. The highest BCUT2D eigenvalue weighted by atomic mass is 15.3. The summed E-state index contributed by atoms with van der Waals surface area (Å²) in [6, 6.07) is 0.974. The molecule has 0 spiro atoms. The molecule has 1 heterocycles. The normalized spacial score (nSPS) is 25.1. The van der Waals surface area contributed by atoms with Crippen molar-refractivity contribution in [3.8, 4) is 0 Å². The first-order valence-electron chi connectivity index (χ1n) is 8.01. The van der Waals surface area contributed by atoms with Gasteiger partial charge in [0, 0.05) is 31.4 Å². The second-order valence-corrected chi connectivity index (χ2v) is 6.39. The summed E-state index contributed by atoms with van der Waals surface area (Å²) in [6.07, 6.45) is 8.42. The van der Waals surface area contributed by atoms with Crippen molar-refractivity contribution in [3.05, 3.63) is 17.5 Å². The molecule has 0 radical (unpaired) electrons. The summed E-state index contributed by atoms with van der Waals surface area (Å²) in [5, 5.41) is 4.57. The molecule has 1 aromatic rings. The molecule has 2 rings (SSSR count). The molecule has 0 aromatic carbocycles. The maximum Gasteiger partial charge on any atom is 0.0670 e. The van der Waals surface area contributed by atoms with Crippen LogP contribution in [0.1, 0.15) is 56.8 Å². The monoisotopic (exact) mass is 278 g/mol. The topological polar surface area (TPSA) is 47.1 Å². The quantitative estimate of drug-likeness (QED) is 0.900. The second kappa shape index (κ2) is 6.72. The van der Waals surface area contributed by atoms with Crippen LogP contribution in [-0.4, -0.2) is 34.3 Å². The second-order valence-electron chi connectivity index (χ2n) is 6.39. The largest absolute Gasteiger partial charge is 0.329 e. The highest BCUT2D eigenvalue weighted by Gasteiger charge is 2.28. The minimum Gasteiger partial charge on any atom is -0.329 e. The van der Waals surface area contributed by atoms with Crippen molar-refractivity contribution in [2.75, 3.05) is 13.6 Å². The van der Waals surface area contributed by atoms with Crippen molar-refractivity contribution in [1.29, 1.82) is 0 Å². The first kappa shape index (κ1) is 15.5. The van der Waals surface area contributed by atoms with Gasteiger partial charge < -0.3 is 5.73 Å². The van der Waals surface area contributed by atoms with Gasteiger partial charge in [0.25, 0.3) is 0 Å². The lowest BCUT2D eigenvalue weighted by Gasteiger charge is -2.38. The van der Waals surface area contributed by atoms with E-state index in [0.29, 0.717) is 18.6 Å². The van der Waals surface area contributed by atoms with Gasteiger partial charge in [-0.2, -0.15) is 5.10 Å². The molecule has 1 aliphatic carbocycles. The van der Waals surface area contributed by atoms with Crippen LogP contribution in [0.5, 0.6) is 0 Å². The fraction of sp³-hybridized carbons (Fsp3) is 0.812. The Morgan fingerprint density at radius 2 is 2.05 bits per heavy atom. The molecule has 4 heteroatoms. The molecule has 1 saturated carbocycles. The molecule has 0 bridgehead atoms.